The maximum Gasteiger partial charge on any atom is 0.407 e. The van der Waals surface area contributed by atoms with Gasteiger partial charge in [0.1, 0.15) is 11.9 Å². The van der Waals surface area contributed by atoms with Crippen molar-refractivity contribution in [1.29, 1.82) is 0 Å². The van der Waals surface area contributed by atoms with E-state index in [1.54, 1.807) is 4.90 Å². The van der Waals surface area contributed by atoms with Crippen LogP contribution in [0.3, 0.4) is 0 Å². The summed E-state index contributed by atoms with van der Waals surface area (Å²) in [6.07, 6.45) is 1.64. The Labute approximate surface area is 235 Å². The van der Waals surface area contributed by atoms with Crippen LogP contribution in [0.1, 0.15) is 50.7 Å². The largest absolute Gasteiger partial charge is 0.453 e. The number of hydrogen-bond donors (Lipinski definition) is 2. The molecule has 9 heteroatoms. The van der Waals surface area contributed by atoms with Gasteiger partial charge in [-0.25, -0.2) is 9.78 Å². The number of carbonyl (C=O) groups excluding carboxylic acids is 2. The first-order chi connectivity index (χ1) is 19.4. The van der Waals surface area contributed by atoms with Crippen molar-refractivity contribution in [3.05, 3.63) is 66.1 Å². The van der Waals surface area contributed by atoms with E-state index < -0.39 is 12.1 Å². The first-order valence-corrected chi connectivity index (χ1v) is 14.0. The summed E-state index contributed by atoms with van der Waals surface area (Å²) >= 11 is 0. The number of H-pyrrole nitrogens is 1. The average Bonchev–Trinajstić information content (AvgIpc) is 3.60. The fraction of sp³-hybridized carbons (Fsp3) is 0.452. The summed E-state index contributed by atoms with van der Waals surface area (Å²) in [6, 6.07) is 17.6. The summed E-state index contributed by atoms with van der Waals surface area (Å²) in [5.41, 5.74) is 4.99. The number of nitrogens with zero attached hydrogens (tertiary/aromatic N) is 2. The van der Waals surface area contributed by atoms with E-state index in [0.29, 0.717) is 38.6 Å². The second kappa shape index (κ2) is 12.7. The first-order valence-electron chi connectivity index (χ1n) is 14.0. The Hall–Kier alpha value is -3.69. The van der Waals surface area contributed by atoms with E-state index in [9.17, 15) is 9.59 Å². The number of ether oxygens (including phenoxy) is 3. The standard InChI is InChI=1S/C31H38N4O5/c1-20(2)27(34-31(37)38-3)30(36)35-18-24-17-26(35)29-32-25(19-39-15-7-8-16-40-24)28(33-29)23-13-11-22(12-14-23)21-9-5-4-6-10-21/h4-6,9-14,20,24,26-27H,7-8,15-19H2,1-3H3,(H,32,33)(H,34,37)/t24-,26-,27-/m0/s1. The molecule has 3 heterocycles. The van der Waals surface area contributed by atoms with Gasteiger partial charge < -0.3 is 29.4 Å². The van der Waals surface area contributed by atoms with Gasteiger partial charge in [-0.3, -0.25) is 4.79 Å². The molecule has 1 saturated heterocycles. The van der Waals surface area contributed by atoms with Crippen LogP contribution in [0.15, 0.2) is 54.6 Å². The molecule has 0 saturated carbocycles. The molecule has 2 aliphatic rings. The highest BCUT2D eigenvalue weighted by atomic mass is 16.5. The number of fused-ring (bicyclic) bond motifs is 5. The molecule has 2 amide bonds. The number of hydrogen-bond acceptors (Lipinski definition) is 6. The van der Waals surface area contributed by atoms with Crippen molar-refractivity contribution in [3.8, 4) is 22.4 Å². The molecule has 0 radical (unpaired) electrons. The zero-order valence-electron chi connectivity index (χ0n) is 23.4. The van der Waals surface area contributed by atoms with Crippen molar-refractivity contribution in [2.24, 2.45) is 5.92 Å². The van der Waals surface area contributed by atoms with Crippen molar-refractivity contribution >= 4 is 12.0 Å². The molecule has 2 aliphatic heterocycles. The van der Waals surface area contributed by atoms with Crippen molar-refractivity contribution < 1.29 is 23.8 Å². The number of aromatic nitrogens is 2. The number of imidazole rings is 1. The number of methoxy groups -OCH3 is 1. The van der Waals surface area contributed by atoms with Crippen LogP contribution < -0.4 is 5.32 Å². The number of benzene rings is 2. The lowest BCUT2D eigenvalue weighted by Gasteiger charge is -2.29. The van der Waals surface area contributed by atoms with E-state index >= 15 is 0 Å². The first kappa shape index (κ1) is 27.9. The van der Waals surface area contributed by atoms with Gasteiger partial charge >= 0.3 is 6.09 Å². The molecule has 0 spiro atoms. The van der Waals surface area contributed by atoms with Crippen LogP contribution >= 0.6 is 0 Å². The van der Waals surface area contributed by atoms with Gasteiger partial charge in [-0.15, -0.1) is 0 Å². The lowest BCUT2D eigenvalue weighted by Crippen LogP contribution is -2.51. The van der Waals surface area contributed by atoms with Gasteiger partial charge in [0.25, 0.3) is 0 Å². The Balaban J connectivity index is 1.48. The van der Waals surface area contributed by atoms with Gasteiger partial charge in [0.2, 0.25) is 5.91 Å². The average molecular weight is 547 g/mol. The Morgan fingerprint density at radius 1 is 1.02 bits per heavy atom. The lowest BCUT2D eigenvalue weighted by molar-refractivity contribution is -0.136. The van der Waals surface area contributed by atoms with Crippen LogP contribution in [-0.2, 0) is 25.6 Å². The van der Waals surface area contributed by atoms with Crippen LogP contribution in [0.2, 0.25) is 0 Å². The molecule has 5 rings (SSSR count). The minimum Gasteiger partial charge on any atom is -0.453 e. The minimum atomic E-state index is -0.727. The molecule has 0 unspecified atom stereocenters. The van der Waals surface area contributed by atoms with Gasteiger partial charge in [-0.1, -0.05) is 68.4 Å². The fourth-order valence-corrected chi connectivity index (χ4v) is 5.41. The van der Waals surface area contributed by atoms with Gasteiger partial charge in [-0.2, -0.15) is 0 Å². The van der Waals surface area contributed by atoms with Crippen molar-refractivity contribution in [2.75, 3.05) is 26.9 Å². The number of aromatic amines is 1. The molecule has 40 heavy (non-hydrogen) atoms. The van der Waals surface area contributed by atoms with Gasteiger partial charge in [0.05, 0.1) is 37.3 Å². The lowest BCUT2D eigenvalue weighted by atomic mass is 10.0. The van der Waals surface area contributed by atoms with E-state index in [-0.39, 0.29) is 24.0 Å². The van der Waals surface area contributed by atoms with E-state index in [0.717, 1.165) is 40.9 Å². The highest BCUT2D eigenvalue weighted by Crippen LogP contribution is 2.36. The highest BCUT2D eigenvalue weighted by Gasteiger charge is 2.42. The summed E-state index contributed by atoms with van der Waals surface area (Å²) in [7, 11) is 1.30. The number of amides is 2. The van der Waals surface area contributed by atoms with Gasteiger partial charge in [0, 0.05) is 26.2 Å². The maximum atomic E-state index is 13.8. The van der Waals surface area contributed by atoms with Crippen LogP contribution in [0.5, 0.6) is 0 Å². The third-order valence-electron chi connectivity index (χ3n) is 7.61. The summed E-state index contributed by atoms with van der Waals surface area (Å²) in [5.74, 6) is 0.392. The molecule has 3 aromatic rings. The molecule has 0 aliphatic carbocycles. The van der Waals surface area contributed by atoms with Crippen molar-refractivity contribution in [2.45, 2.75) is 57.9 Å². The smallest absolute Gasteiger partial charge is 0.407 e. The number of likely N-dealkylation sites (tertiary alicyclic amines) is 1. The summed E-state index contributed by atoms with van der Waals surface area (Å²) in [6.45, 7) is 5.86. The molecule has 1 aromatic heterocycles. The molecular weight excluding hydrogens is 508 g/mol. The number of carbonyl (C=O) groups is 2. The second-order valence-electron chi connectivity index (χ2n) is 10.7. The third-order valence-corrected chi connectivity index (χ3v) is 7.61. The van der Waals surface area contributed by atoms with Gasteiger partial charge in [-0.05, 0) is 35.4 Å². The Kier molecular flexibility index (Phi) is 8.81. The molecule has 3 atom stereocenters. The maximum absolute atomic E-state index is 13.8. The predicted molar refractivity (Wildman–Crippen MR) is 151 cm³/mol. The quantitative estimate of drug-likeness (QED) is 0.462. The minimum absolute atomic E-state index is 0.122. The van der Waals surface area contributed by atoms with Crippen LogP contribution in [0.25, 0.3) is 22.4 Å². The zero-order chi connectivity index (χ0) is 28.1. The normalized spacial score (nSPS) is 20.2. The molecule has 1 fully saturated rings. The molecule has 2 N–H and O–H groups in total. The Bertz CT molecular complexity index is 1290. The Morgan fingerprint density at radius 3 is 2.45 bits per heavy atom. The predicted octanol–water partition coefficient (Wildman–Crippen LogP) is 5.09. The van der Waals surface area contributed by atoms with Gasteiger partial charge in [0.15, 0.2) is 0 Å². The fourth-order valence-electron chi connectivity index (χ4n) is 5.41. The molecule has 9 nitrogen and oxygen atoms in total. The molecule has 2 aromatic carbocycles. The van der Waals surface area contributed by atoms with E-state index in [1.165, 1.54) is 7.11 Å². The topological polar surface area (TPSA) is 106 Å². The number of rotatable bonds is 5. The van der Waals surface area contributed by atoms with Crippen LogP contribution in [-0.4, -0.2) is 65.9 Å². The third kappa shape index (κ3) is 6.21. The number of alkyl carbamates (subject to hydrolysis) is 1. The summed E-state index contributed by atoms with van der Waals surface area (Å²) < 4.78 is 17.0. The van der Waals surface area contributed by atoms with Crippen LogP contribution in [0.4, 0.5) is 4.79 Å². The molecule has 4 bridgehead atoms. The van der Waals surface area contributed by atoms with Crippen LogP contribution in [0, 0.1) is 5.92 Å². The van der Waals surface area contributed by atoms with E-state index in [1.807, 2.05) is 32.0 Å². The van der Waals surface area contributed by atoms with E-state index in [4.69, 9.17) is 19.2 Å². The van der Waals surface area contributed by atoms with E-state index in [2.05, 4.69) is 46.7 Å². The van der Waals surface area contributed by atoms with Crippen molar-refractivity contribution in [3.63, 3.8) is 0 Å². The zero-order valence-corrected chi connectivity index (χ0v) is 23.4. The monoisotopic (exact) mass is 546 g/mol. The second-order valence-corrected chi connectivity index (χ2v) is 10.7. The summed E-state index contributed by atoms with van der Waals surface area (Å²) in [4.78, 5) is 36.2. The Morgan fingerprint density at radius 2 is 1.73 bits per heavy atom. The van der Waals surface area contributed by atoms with Crippen molar-refractivity contribution in [1.82, 2.24) is 20.2 Å². The number of nitrogens with one attached hydrogen (secondary N) is 2. The molecule has 212 valence electrons. The molecular formula is C31H38N4O5. The summed E-state index contributed by atoms with van der Waals surface area (Å²) in [5, 5.41) is 2.72. The highest BCUT2D eigenvalue weighted by molar-refractivity contribution is 5.86. The SMILES string of the molecule is COC(=O)N[C@H](C(=O)N1C[C@@H]2C[C@H]1c1nc(c(-c3ccc(-c4ccccc4)cc3)[nH]1)COCCCCO2)C(C)C.